The topological polar surface area (TPSA) is 77.7 Å². The summed E-state index contributed by atoms with van der Waals surface area (Å²) in [7, 11) is 0. The summed E-state index contributed by atoms with van der Waals surface area (Å²) < 4.78 is 20.5. The van der Waals surface area contributed by atoms with Crippen LogP contribution in [0.5, 0.6) is 0 Å². The Labute approximate surface area is 128 Å². The second-order valence-corrected chi connectivity index (χ2v) is 5.56. The molecule has 118 valence electrons. The van der Waals surface area contributed by atoms with Crippen LogP contribution in [0, 0.1) is 13.8 Å². The Morgan fingerprint density at radius 1 is 0.955 bits per heavy atom. The second-order valence-electron chi connectivity index (χ2n) is 5.56. The van der Waals surface area contributed by atoms with Crippen LogP contribution in [-0.2, 0) is 18.9 Å². The molecule has 2 aliphatic heterocycles. The lowest BCUT2D eigenvalue weighted by Crippen LogP contribution is -2.19. The average Bonchev–Trinajstić information content (AvgIpc) is 3.38. The van der Waals surface area contributed by atoms with Crippen LogP contribution in [0.15, 0.2) is 12.1 Å². The lowest BCUT2D eigenvalue weighted by molar-refractivity contribution is 0.0429. The Morgan fingerprint density at radius 3 is 1.64 bits per heavy atom. The normalized spacial score (nSPS) is 22.1. The summed E-state index contributed by atoms with van der Waals surface area (Å²) in [5.41, 5.74) is 1.90. The number of hydrogen-bond acceptors (Lipinski definition) is 6. The summed E-state index contributed by atoms with van der Waals surface area (Å²) in [6, 6.07) is 3.58. The van der Waals surface area contributed by atoms with E-state index in [1.54, 1.807) is 26.0 Å². The molecule has 6 nitrogen and oxygen atoms in total. The van der Waals surface area contributed by atoms with Crippen molar-refractivity contribution in [1.29, 1.82) is 0 Å². The number of ether oxygens (including phenoxy) is 4. The lowest BCUT2D eigenvalue weighted by atomic mass is 9.97. The summed E-state index contributed by atoms with van der Waals surface area (Å²) in [5.74, 6) is -1.04. The molecule has 0 bridgehead atoms. The molecule has 0 amide bonds. The molecule has 3 rings (SSSR count). The van der Waals surface area contributed by atoms with E-state index in [0.29, 0.717) is 24.3 Å². The zero-order chi connectivity index (χ0) is 15.7. The number of aryl methyl sites for hydroxylation is 2. The Hall–Kier alpha value is -1.92. The quantitative estimate of drug-likeness (QED) is 0.584. The van der Waals surface area contributed by atoms with E-state index < -0.39 is 11.9 Å². The van der Waals surface area contributed by atoms with E-state index in [9.17, 15) is 9.59 Å². The van der Waals surface area contributed by atoms with Crippen molar-refractivity contribution in [2.24, 2.45) is 0 Å². The number of benzene rings is 1. The van der Waals surface area contributed by atoms with Crippen molar-refractivity contribution in [2.75, 3.05) is 26.4 Å². The number of carbonyl (C=O) groups is 2. The van der Waals surface area contributed by atoms with Gasteiger partial charge in [0.2, 0.25) is 0 Å². The van der Waals surface area contributed by atoms with Gasteiger partial charge in [-0.05, 0) is 25.0 Å². The molecule has 2 aliphatic rings. The molecule has 2 atom stereocenters. The molecule has 2 unspecified atom stereocenters. The van der Waals surface area contributed by atoms with Gasteiger partial charge in [-0.2, -0.15) is 0 Å². The molecule has 0 spiro atoms. The Kier molecular flexibility index (Phi) is 4.13. The van der Waals surface area contributed by atoms with E-state index in [2.05, 4.69) is 0 Å². The highest BCUT2D eigenvalue weighted by Crippen LogP contribution is 2.22. The number of esters is 2. The molecular formula is C16H18O6. The molecule has 1 aromatic rings. The van der Waals surface area contributed by atoms with E-state index >= 15 is 0 Å². The van der Waals surface area contributed by atoms with Crippen LogP contribution in [0.2, 0.25) is 0 Å². The van der Waals surface area contributed by atoms with Gasteiger partial charge in [0.1, 0.15) is 25.4 Å². The van der Waals surface area contributed by atoms with Crippen molar-refractivity contribution < 1.29 is 28.5 Å². The summed E-state index contributed by atoms with van der Waals surface area (Å²) in [6.07, 6.45) is -0.0343. The van der Waals surface area contributed by atoms with Crippen molar-refractivity contribution >= 4 is 11.9 Å². The highest BCUT2D eigenvalue weighted by Gasteiger charge is 2.29. The fraction of sp³-hybridized carbons (Fsp3) is 0.500. The number of epoxide rings is 2. The summed E-state index contributed by atoms with van der Waals surface area (Å²) in [4.78, 5) is 24.6. The van der Waals surface area contributed by atoms with Crippen LogP contribution in [0.3, 0.4) is 0 Å². The van der Waals surface area contributed by atoms with Crippen molar-refractivity contribution in [3.05, 3.63) is 34.4 Å². The fourth-order valence-electron chi connectivity index (χ4n) is 2.15. The Bertz CT molecular complexity index is 548. The molecule has 6 heteroatoms. The number of rotatable bonds is 6. The molecular weight excluding hydrogens is 288 g/mol. The fourth-order valence-corrected chi connectivity index (χ4v) is 2.15. The molecule has 0 N–H and O–H groups in total. The van der Waals surface area contributed by atoms with Crippen LogP contribution >= 0.6 is 0 Å². The van der Waals surface area contributed by atoms with E-state index in [1.807, 2.05) is 0 Å². The van der Waals surface area contributed by atoms with Gasteiger partial charge in [0.25, 0.3) is 0 Å². The molecule has 0 aromatic heterocycles. The minimum Gasteiger partial charge on any atom is -0.459 e. The van der Waals surface area contributed by atoms with E-state index in [-0.39, 0.29) is 36.5 Å². The SMILES string of the molecule is Cc1ccc(C)c(C(=O)OCC2CO2)c1C(=O)OCC1CO1. The Morgan fingerprint density at radius 2 is 1.32 bits per heavy atom. The monoisotopic (exact) mass is 306 g/mol. The molecule has 0 saturated carbocycles. The van der Waals surface area contributed by atoms with Gasteiger partial charge in [0.15, 0.2) is 0 Å². The highest BCUT2D eigenvalue weighted by atomic mass is 16.6. The van der Waals surface area contributed by atoms with Crippen molar-refractivity contribution in [3.8, 4) is 0 Å². The molecule has 2 saturated heterocycles. The number of carbonyl (C=O) groups excluding carboxylic acids is 2. The third-order valence-corrected chi connectivity index (χ3v) is 3.64. The third-order valence-electron chi connectivity index (χ3n) is 3.64. The maximum atomic E-state index is 12.3. The predicted molar refractivity (Wildman–Crippen MR) is 76.0 cm³/mol. The van der Waals surface area contributed by atoms with Gasteiger partial charge < -0.3 is 18.9 Å². The molecule has 0 aliphatic carbocycles. The summed E-state index contributed by atoms with van der Waals surface area (Å²) in [5, 5.41) is 0. The maximum absolute atomic E-state index is 12.3. The largest absolute Gasteiger partial charge is 0.459 e. The van der Waals surface area contributed by atoms with Crippen molar-refractivity contribution in [1.82, 2.24) is 0 Å². The van der Waals surface area contributed by atoms with Crippen molar-refractivity contribution in [3.63, 3.8) is 0 Å². The van der Waals surface area contributed by atoms with Crippen LogP contribution in [-0.4, -0.2) is 50.6 Å². The highest BCUT2D eigenvalue weighted by molar-refractivity contribution is 6.05. The first-order chi connectivity index (χ1) is 10.6. The van der Waals surface area contributed by atoms with Crippen LogP contribution < -0.4 is 0 Å². The van der Waals surface area contributed by atoms with Gasteiger partial charge in [0.05, 0.1) is 24.3 Å². The van der Waals surface area contributed by atoms with Gasteiger partial charge >= 0.3 is 11.9 Å². The first-order valence-corrected chi connectivity index (χ1v) is 7.24. The zero-order valence-corrected chi connectivity index (χ0v) is 12.6. The zero-order valence-electron chi connectivity index (χ0n) is 12.6. The first kappa shape index (κ1) is 15.0. The third kappa shape index (κ3) is 3.45. The van der Waals surface area contributed by atoms with Crippen LogP contribution in [0.4, 0.5) is 0 Å². The molecule has 2 heterocycles. The molecule has 0 radical (unpaired) electrons. The van der Waals surface area contributed by atoms with Gasteiger partial charge in [-0.3, -0.25) is 0 Å². The average molecular weight is 306 g/mol. The standard InChI is InChI=1S/C16H18O6/c1-9-3-4-10(2)14(16(18)22-8-12-6-20-12)13(9)15(17)21-7-11-5-19-11/h3-4,11-12H,5-8H2,1-2H3. The minimum absolute atomic E-state index is 0.0171. The van der Waals surface area contributed by atoms with Gasteiger partial charge in [-0.25, -0.2) is 9.59 Å². The van der Waals surface area contributed by atoms with E-state index in [4.69, 9.17) is 18.9 Å². The van der Waals surface area contributed by atoms with E-state index in [0.717, 1.165) is 0 Å². The molecule has 22 heavy (non-hydrogen) atoms. The van der Waals surface area contributed by atoms with Gasteiger partial charge in [-0.15, -0.1) is 0 Å². The smallest absolute Gasteiger partial charge is 0.339 e. The van der Waals surface area contributed by atoms with Gasteiger partial charge in [0, 0.05) is 0 Å². The van der Waals surface area contributed by atoms with Crippen molar-refractivity contribution in [2.45, 2.75) is 26.1 Å². The first-order valence-electron chi connectivity index (χ1n) is 7.24. The summed E-state index contributed by atoms with van der Waals surface area (Å²) in [6.45, 7) is 5.16. The van der Waals surface area contributed by atoms with Gasteiger partial charge in [-0.1, -0.05) is 12.1 Å². The van der Waals surface area contributed by atoms with Crippen LogP contribution in [0.1, 0.15) is 31.8 Å². The molecule has 2 fully saturated rings. The maximum Gasteiger partial charge on any atom is 0.339 e. The molecule has 1 aromatic carbocycles. The lowest BCUT2D eigenvalue weighted by Gasteiger charge is -2.14. The second kappa shape index (κ2) is 6.06. The minimum atomic E-state index is -0.522. The number of hydrogen-bond donors (Lipinski definition) is 0. The summed E-state index contributed by atoms with van der Waals surface area (Å²) >= 11 is 0. The van der Waals surface area contributed by atoms with E-state index in [1.165, 1.54) is 0 Å². The Balaban J connectivity index is 1.80. The predicted octanol–water partition coefficient (Wildman–Crippen LogP) is 1.41. The van der Waals surface area contributed by atoms with Crippen LogP contribution in [0.25, 0.3) is 0 Å².